The topological polar surface area (TPSA) is 28.7 Å². The molecule has 0 fully saturated rings. The predicted molar refractivity (Wildman–Crippen MR) is 71.6 cm³/mol. The molecule has 0 aliphatic rings. The van der Waals surface area contributed by atoms with Gasteiger partial charge in [-0.05, 0) is 30.9 Å². The summed E-state index contributed by atoms with van der Waals surface area (Å²) in [5.41, 5.74) is 3.48. The molecule has 2 nitrogen and oxygen atoms in total. The van der Waals surface area contributed by atoms with Crippen molar-refractivity contribution in [2.24, 2.45) is 0 Å². The zero-order valence-electron chi connectivity index (χ0n) is 9.63. The molecule has 0 atom stereocenters. The molecule has 16 heavy (non-hydrogen) atoms. The van der Waals surface area contributed by atoms with Crippen LogP contribution in [-0.4, -0.2) is 9.97 Å². The first-order chi connectivity index (χ1) is 7.63. The van der Waals surface area contributed by atoms with Crippen LogP contribution in [0.5, 0.6) is 0 Å². The summed E-state index contributed by atoms with van der Waals surface area (Å²) in [5, 5.41) is 2.10. The van der Waals surface area contributed by atoms with Crippen molar-refractivity contribution in [3.8, 4) is 10.6 Å². The SMILES string of the molecule is CCc1nc(=S)c(C)c(-c2sccc2C)[nH]1. The molecule has 2 aromatic heterocycles. The highest BCUT2D eigenvalue weighted by Crippen LogP contribution is 2.30. The molecule has 4 heteroatoms. The molecule has 0 spiro atoms. The summed E-state index contributed by atoms with van der Waals surface area (Å²) in [5.74, 6) is 0.957. The maximum absolute atomic E-state index is 5.29. The van der Waals surface area contributed by atoms with Gasteiger partial charge in [-0.25, -0.2) is 4.98 Å². The molecular formula is C12H14N2S2. The highest BCUT2D eigenvalue weighted by Gasteiger charge is 2.09. The number of aromatic nitrogens is 2. The molecule has 0 radical (unpaired) electrons. The summed E-state index contributed by atoms with van der Waals surface area (Å²) < 4.78 is 0.707. The lowest BCUT2D eigenvalue weighted by Crippen LogP contribution is -1.99. The van der Waals surface area contributed by atoms with Gasteiger partial charge in [0.05, 0.1) is 10.6 Å². The number of thiophene rings is 1. The fraction of sp³-hybridized carbons (Fsp3) is 0.333. The molecule has 2 rings (SSSR count). The largest absolute Gasteiger partial charge is 0.342 e. The van der Waals surface area contributed by atoms with Crippen molar-refractivity contribution in [2.45, 2.75) is 27.2 Å². The van der Waals surface area contributed by atoms with Crippen LogP contribution in [0.4, 0.5) is 0 Å². The monoisotopic (exact) mass is 250 g/mol. The van der Waals surface area contributed by atoms with Crippen molar-refractivity contribution in [1.82, 2.24) is 9.97 Å². The molecular weight excluding hydrogens is 236 g/mol. The number of H-pyrrole nitrogens is 1. The highest BCUT2D eigenvalue weighted by molar-refractivity contribution is 7.71. The predicted octanol–water partition coefficient (Wildman–Crippen LogP) is 4.05. The maximum Gasteiger partial charge on any atom is 0.133 e. The second-order valence-corrected chi connectivity index (χ2v) is 5.08. The molecule has 0 unspecified atom stereocenters. The fourth-order valence-corrected chi connectivity index (χ4v) is 2.80. The Kier molecular flexibility index (Phi) is 3.21. The minimum Gasteiger partial charge on any atom is -0.342 e. The van der Waals surface area contributed by atoms with Gasteiger partial charge >= 0.3 is 0 Å². The van der Waals surface area contributed by atoms with Crippen LogP contribution < -0.4 is 0 Å². The van der Waals surface area contributed by atoms with Gasteiger partial charge in [-0.2, -0.15) is 0 Å². The summed E-state index contributed by atoms with van der Waals surface area (Å²) in [6, 6.07) is 2.13. The lowest BCUT2D eigenvalue weighted by molar-refractivity contribution is 0.927. The van der Waals surface area contributed by atoms with Crippen LogP contribution in [0.15, 0.2) is 11.4 Å². The molecule has 2 heterocycles. The third-order valence-electron chi connectivity index (χ3n) is 2.63. The fourth-order valence-electron chi connectivity index (χ4n) is 1.60. The van der Waals surface area contributed by atoms with E-state index in [0.717, 1.165) is 23.5 Å². The van der Waals surface area contributed by atoms with Crippen LogP contribution in [0.2, 0.25) is 0 Å². The summed E-state index contributed by atoms with van der Waals surface area (Å²) in [7, 11) is 0. The van der Waals surface area contributed by atoms with E-state index in [2.05, 4.69) is 35.3 Å². The van der Waals surface area contributed by atoms with Gasteiger partial charge in [0.15, 0.2) is 0 Å². The van der Waals surface area contributed by atoms with Crippen LogP contribution in [-0.2, 0) is 6.42 Å². The summed E-state index contributed by atoms with van der Waals surface area (Å²) in [4.78, 5) is 9.00. The lowest BCUT2D eigenvalue weighted by Gasteiger charge is -2.07. The Bertz CT molecular complexity index is 567. The lowest BCUT2D eigenvalue weighted by atomic mass is 10.1. The molecule has 1 N–H and O–H groups in total. The molecule has 0 aliphatic heterocycles. The van der Waals surface area contributed by atoms with Gasteiger partial charge in [-0.15, -0.1) is 11.3 Å². The van der Waals surface area contributed by atoms with Gasteiger partial charge < -0.3 is 4.98 Å². The van der Waals surface area contributed by atoms with Crippen molar-refractivity contribution in [3.05, 3.63) is 33.0 Å². The molecule has 0 amide bonds. The molecule has 0 saturated carbocycles. The zero-order chi connectivity index (χ0) is 11.7. The second-order valence-electron chi connectivity index (χ2n) is 3.77. The van der Waals surface area contributed by atoms with Crippen LogP contribution >= 0.6 is 23.6 Å². The van der Waals surface area contributed by atoms with Crippen molar-refractivity contribution in [2.75, 3.05) is 0 Å². The third-order valence-corrected chi connectivity index (χ3v) is 4.06. The number of hydrogen-bond donors (Lipinski definition) is 1. The van der Waals surface area contributed by atoms with Gasteiger partial charge in [-0.1, -0.05) is 19.1 Å². The standard InChI is InChI=1S/C12H14N2S2/c1-4-9-13-10(8(3)12(15)14-9)11-7(2)5-6-16-11/h5-6H,4H2,1-3H3,(H,13,14,15). The molecule has 0 saturated heterocycles. The Balaban J connectivity index is 2.69. The molecule has 0 aromatic carbocycles. The van der Waals surface area contributed by atoms with Gasteiger partial charge in [0.2, 0.25) is 0 Å². The Morgan fingerprint density at radius 2 is 2.19 bits per heavy atom. The van der Waals surface area contributed by atoms with E-state index in [0.29, 0.717) is 4.64 Å². The first-order valence-electron chi connectivity index (χ1n) is 5.27. The molecule has 84 valence electrons. The van der Waals surface area contributed by atoms with E-state index in [-0.39, 0.29) is 0 Å². The number of nitrogens with one attached hydrogen (secondary N) is 1. The second kappa shape index (κ2) is 4.47. The van der Waals surface area contributed by atoms with Crippen LogP contribution in [0.25, 0.3) is 10.6 Å². The van der Waals surface area contributed by atoms with E-state index in [1.54, 1.807) is 11.3 Å². The van der Waals surface area contributed by atoms with Crippen molar-refractivity contribution >= 4 is 23.6 Å². The number of aryl methyl sites for hydroxylation is 2. The minimum atomic E-state index is 0.707. The van der Waals surface area contributed by atoms with Gasteiger partial charge in [0, 0.05) is 12.0 Å². The van der Waals surface area contributed by atoms with Gasteiger partial charge in [-0.3, -0.25) is 0 Å². The Hall–Kier alpha value is -1.00. The maximum atomic E-state index is 5.29. The van der Waals surface area contributed by atoms with Crippen molar-refractivity contribution in [1.29, 1.82) is 0 Å². The normalized spacial score (nSPS) is 10.7. The summed E-state index contributed by atoms with van der Waals surface area (Å²) in [6.07, 6.45) is 0.876. The zero-order valence-corrected chi connectivity index (χ0v) is 11.3. The van der Waals surface area contributed by atoms with Crippen LogP contribution in [0.1, 0.15) is 23.9 Å². The van der Waals surface area contributed by atoms with Crippen molar-refractivity contribution in [3.63, 3.8) is 0 Å². The third kappa shape index (κ3) is 1.95. The molecule has 0 bridgehead atoms. The number of rotatable bonds is 2. The number of hydrogen-bond acceptors (Lipinski definition) is 3. The minimum absolute atomic E-state index is 0.707. The summed E-state index contributed by atoms with van der Waals surface area (Å²) in [6.45, 7) is 6.22. The quantitative estimate of drug-likeness (QED) is 0.815. The highest BCUT2D eigenvalue weighted by atomic mass is 32.1. The van der Waals surface area contributed by atoms with E-state index in [1.165, 1.54) is 10.4 Å². The molecule has 0 aliphatic carbocycles. The average Bonchev–Trinajstić information content (AvgIpc) is 2.68. The Morgan fingerprint density at radius 3 is 2.75 bits per heavy atom. The van der Waals surface area contributed by atoms with E-state index in [1.807, 2.05) is 6.92 Å². The first kappa shape index (κ1) is 11.5. The summed E-state index contributed by atoms with van der Waals surface area (Å²) >= 11 is 7.02. The average molecular weight is 250 g/mol. The van der Waals surface area contributed by atoms with Crippen LogP contribution in [0.3, 0.4) is 0 Å². The van der Waals surface area contributed by atoms with Gasteiger partial charge in [0.25, 0.3) is 0 Å². The van der Waals surface area contributed by atoms with E-state index in [4.69, 9.17) is 12.2 Å². The Labute approximate surface area is 104 Å². The van der Waals surface area contributed by atoms with Crippen LogP contribution in [0, 0.1) is 18.5 Å². The molecule has 2 aromatic rings. The van der Waals surface area contributed by atoms with E-state index in [9.17, 15) is 0 Å². The first-order valence-corrected chi connectivity index (χ1v) is 6.56. The van der Waals surface area contributed by atoms with Crippen molar-refractivity contribution < 1.29 is 0 Å². The smallest absolute Gasteiger partial charge is 0.133 e. The number of aromatic amines is 1. The van der Waals surface area contributed by atoms with Gasteiger partial charge in [0.1, 0.15) is 10.5 Å². The van der Waals surface area contributed by atoms with E-state index >= 15 is 0 Å². The van der Waals surface area contributed by atoms with E-state index < -0.39 is 0 Å². The number of nitrogens with zero attached hydrogens (tertiary/aromatic N) is 1. The Morgan fingerprint density at radius 1 is 1.44 bits per heavy atom.